The van der Waals surface area contributed by atoms with Gasteiger partial charge in [0, 0.05) is 18.6 Å². The maximum absolute atomic E-state index is 11.2. The Bertz CT molecular complexity index is 377. The van der Waals surface area contributed by atoms with Crippen LogP contribution in [0.2, 0.25) is 5.02 Å². The topological polar surface area (TPSA) is 67.9 Å². The van der Waals surface area contributed by atoms with Crippen LogP contribution in [0.25, 0.3) is 0 Å². The molecule has 0 unspecified atom stereocenters. The first-order valence-electron chi connectivity index (χ1n) is 3.71. The van der Waals surface area contributed by atoms with Crippen molar-refractivity contribution in [2.24, 2.45) is 0 Å². The summed E-state index contributed by atoms with van der Waals surface area (Å²) >= 11 is 5.78. The van der Waals surface area contributed by atoms with Crippen molar-refractivity contribution in [1.29, 1.82) is 0 Å². The molecule has 0 fully saturated rings. The van der Waals surface area contributed by atoms with Gasteiger partial charge in [0.25, 0.3) is 0 Å². The lowest BCUT2D eigenvalue weighted by Gasteiger charge is -1.95. The second-order valence-corrected chi connectivity index (χ2v) is 2.62. The Balaban J connectivity index is 3.30. The molecule has 5 nitrogen and oxygen atoms in total. The molecule has 0 aliphatic carbocycles. The highest BCUT2D eigenvalue weighted by molar-refractivity contribution is 6.33. The minimum atomic E-state index is -0.609. The van der Waals surface area contributed by atoms with Crippen LogP contribution in [0.3, 0.4) is 0 Å². The van der Waals surface area contributed by atoms with Crippen LogP contribution >= 0.6 is 11.6 Å². The molecule has 0 bridgehead atoms. The van der Waals surface area contributed by atoms with Gasteiger partial charge in [-0.1, -0.05) is 11.6 Å². The van der Waals surface area contributed by atoms with E-state index in [-0.39, 0.29) is 10.7 Å². The predicted molar refractivity (Wildman–Crippen MR) is 50.4 cm³/mol. The lowest BCUT2D eigenvalue weighted by molar-refractivity contribution is 0.0593. The summed E-state index contributed by atoms with van der Waals surface area (Å²) in [6, 6.07) is 1.45. The Labute approximate surface area is 85.4 Å². The molecule has 1 rings (SSSR count). The first kappa shape index (κ1) is 10.5. The van der Waals surface area contributed by atoms with Gasteiger partial charge >= 0.3 is 5.97 Å². The van der Waals surface area contributed by atoms with Gasteiger partial charge in [-0.25, -0.2) is 4.79 Å². The van der Waals surface area contributed by atoms with Gasteiger partial charge in [-0.2, -0.15) is 5.10 Å². The van der Waals surface area contributed by atoms with Crippen molar-refractivity contribution in [3.8, 4) is 0 Å². The monoisotopic (exact) mass is 213 g/mol. The van der Waals surface area contributed by atoms with Gasteiger partial charge in [0.1, 0.15) is 0 Å². The molecular formula is C8H8ClN3O2. The van der Waals surface area contributed by atoms with Crippen LogP contribution in [0.5, 0.6) is 0 Å². The normalized spacial score (nSPS) is 9.00. The molecule has 1 aromatic rings. The van der Waals surface area contributed by atoms with Crippen LogP contribution in [0.4, 0.5) is 0 Å². The third kappa shape index (κ3) is 2.70. The van der Waals surface area contributed by atoms with Crippen molar-refractivity contribution < 1.29 is 9.53 Å². The molecule has 0 saturated heterocycles. The van der Waals surface area contributed by atoms with Gasteiger partial charge in [-0.3, -0.25) is 10.1 Å². The quantitative estimate of drug-likeness (QED) is 0.716. The number of esters is 1. The highest BCUT2D eigenvalue weighted by atomic mass is 35.5. The summed E-state index contributed by atoms with van der Waals surface area (Å²) in [7, 11) is 1.26. The van der Waals surface area contributed by atoms with Crippen molar-refractivity contribution in [3.63, 3.8) is 0 Å². The zero-order chi connectivity index (χ0) is 10.4. The Hall–Kier alpha value is -1.62. The van der Waals surface area contributed by atoms with Gasteiger partial charge in [0.15, 0.2) is 5.69 Å². The van der Waals surface area contributed by atoms with E-state index in [2.05, 4.69) is 19.9 Å². The summed E-state index contributed by atoms with van der Waals surface area (Å²) in [6.45, 7) is 0. The second-order valence-electron chi connectivity index (χ2n) is 2.21. The molecule has 74 valence electrons. The first-order valence-corrected chi connectivity index (χ1v) is 4.09. The molecule has 1 aromatic heterocycles. The average Bonchev–Trinajstić information content (AvgIpc) is 2.29. The van der Waals surface area contributed by atoms with Gasteiger partial charge in [0.05, 0.1) is 12.1 Å². The smallest absolute Gasteiger partial charge is 0.360 e. The Kier molecular flexibility index (Phi) is 3.87. The molecule has 0 aromatic carbocycles. The lowest BCUT2D eigenvalue weighted by Crippen LogP contribution is -2.04. The maximum atomic E-state index is 11.2. The number of nitrogens with zero attached hydrogens (tertiary/aromatic N) is 2. The largest absolute Gasteiger partial charge is 0.464 e. The molecule has 0 saturated carbocycles. The summed E-state index contributed by atoms with van der Waals surface area (Å²) in [4.78, 5) is 15.0. The van der Waals surface area contributed by atoms with Gasteiger partial charge in [-0.15, -0.1) is 0 Å². The lowest BCUT2D eigenvalue weighted by atomic mass is 10.4. The molecule has 0 radical (unpaired) electrons. The first-order chi connectivity index (χ1) is 6.75. The van der Waals surface area contributed by atoms with Crippen LogP contribution in [-0.2, 0) is 4.74 Å². The van der Waals surface area contributed by atoms with Crippen molar-refractivity contribution in [1.82, 2.24) is 15.2 Å². The van der Waals surface area contributed by atoms with E-state index >= 15 is 0 Å². The number of hydrogen-bond acceptors (Lipinski definition) is 4. The molecule has 0 aliphatic heterocycles. The number of nitrogens with one attached hydrogen (secondary N) is 1. The van der Waals surface area contributed by atoms with Crippen LogP contribution in [0.1, 0.15) is 10.5 Å². The van der Waals surface area contributed by atoms with Gasteiger partial charge in [0.2, 0.25) is 0 Å². The number of aromatic amines is 1. The summed E-state index contributed by atoms with van der Waals surface area (Å²) < 4.78 is 4.49. The highest BCUT2D eigenvalue weighted by Gasteiger charge is 2.09. The fourth-order valence-corrected chi connectivity index (χ4v) is 0.884. The fourth-order valence-electron chi connectivity index (χ4n) is 0.709. The van der Waals surface area contributed by atoms with Gasteiger partial charge < -0.3 is 4.74 Å². The summed E-state index contributed by atoms with van der Waals surface area (Å²) in [6.07, 6.45) is 4.39. The third-order valence-corrected chi connectivity index (χ3v) is 1.63. The third-order valence-electron chi connectivity index (χ3n) is 1.32. The molecule has 1 N–H and O–H groups in total. The van der Waals surface area contributed by atoms with Crippen LogP contribution in [0.15, 0.2) is 24.7 Å². The van der Waals surface area contributed by atoms with E-state index in [0.717, 1.165) is 0 Å². The summed E-state index contributed by atoms with van der Waals surface area (Å²) in [5.41, 5.74) is 0.00664. The number of ether oxygens (including phenoxy) is 1. The zero-order valence-electron chi connectivity index (χ0n) is 7.40. The van der Waals surface area contributed by atoms with Crippen molar-refractivity contribution in [3.05, 3.63) is 35.4 Å². The molecule has 1 heterocycles. The van der Waals surface area contributed by atoms with Crippen LogP contribution in [0, 0.1) is 0 Å². The standard InChI is InChI=1S/C8H8ClN3O2/c1-14-8(13)7-6(9)2-3-10-4-5-11-12-7/h2-5,11H,1H3. The van der Waals surface area contributed by atoms with E-state index in [1.165, 1.54) is 31.8 Å². The molecule has 14 heavy (non-hydrogen) atoms. The van der Waals surface area contributed by atoms with Crippen molar-refractivity contribution in [2.45, 2.75) is 0 Å². The van der Waals surface area contributed by atoms with Crippen molar-refractivity contribution in [2.75, 3.05) is 7.11 Å². The van der Waals surface area contributed by atoms with E-state index in [1.54, 1.807) is 0 Å². The predicted octanol–water partition coefficient (Wildman–Crippen LogP) is 1.37. The zero-order valence-corrected chi connectivity index (χ0v) is 8.15. The number of carbonyl (C=O) groups is 1. The number of carbonyl (C=O) groups excluding carboxylic acids is 1. The Morgan fingerprint density at radius 2 is 2.36 bits per heavy atom. The number of methoxy groups -OCH3 is 1. The van der Waals surface area contributed by atoms with E-state index in [1.807, 2.05) is 0 Å². The maximum Gasteiger partial charge on any atom is 0.360 e. The fraction of sp³-hybridized carbons (Fsp3) is 0.125. The molecule has 0 spiro atoms. The Morgan fingerprint density at radius 1 is 1.57 bits per heavy atom. The molecule has 0 amide bonds. The Morgan fingerprint density at radius 3 is 3.07 bits per heavy atom. The molecular weight excluding hydrogens is 206 g/mol. The van der Waals surface area contributed by atoms with E-state index < -0.39 is 5.97 Å². The molecule has 0 atom stereocenters. The number of hydrogen-bond donors (Lipinski definition) is 1. The van der Waals surface area contributed by atoms with E-state index in [9.17, 15) is 4.79 Å². The number of halogens is 1. The van der Waals surface area contributed by atoms with Crippen LogP contribution in [-0.4, -0.2) is 28.3 Å². The van der Waals surface area contributed by atoms with E-state index in [4.69, 9.17) is 11.6 Å². The number of H-pyrrole nitrogens is 1. The highest BCUT2D eigenvalue weighted by Crippen LogP contribution is 2.09. The average molecular weight is 214 g/mol. The van der Waals surface area contributed by atoms with Crippen LogP contribution < -0.4 is 0 Å². The second kappa shape index (κ2) is 5.18. The minimum Gasteiger partial charge on any atom is -0.464 e. The van der Waals surface area contributed by atoms with E-state index in [0.29, 0.717) is 0 Å². The SMILES string of the molecule is COC(=O)c1n[nH]ccnccc1Cl. The van der Waals surface area contributed by atoms with Gasteiger partial charge in [-0.05, 0) is 6.07 Å². The summed E-state index contributed by atoms with van der Waals surface area (Å²) in [5, 5.41) is 6.37. The molecule has 0 aliphatic rings. The number of rotatable bonds is 1. The van der Waals surface area contributed by atoms with Crippen molar-refractivity contribution >= 4 is 17.6 Å². The summed E-state index contributed by atoms with van der Waals surface area (Å²) in [5.74, 6) is -0.609. The number of aromatic nitrogens is 3. The molecule has 6 heteroatoms. The minimum absolute atomic E-state index is 0.00664.